The number of methoxy groups -OCH3 is 2. The molecule has 6 nitrogen and oxygen atoms in total. The van der Waals surface area contributed by atoms with E-state index in [0.29, 0.717) is 24.2 Å². The summed E-state index contributed by atoms with van der Waals surface area (Å²) >= 11 is 0. The third kappa shape index (κ3) is 4.51. The molecule has 0 unspecified atom stereocenters. The van der Waals surface area contributed by atoms with Gasteiger partial charge in [-0.05, 0) is 31.9 Å². The molecule has 0 amide bonds. The molecule has 0 saturated heterocycles. The molecule has 0 fully saturated rings. The number of esters is 1. The van der Waals surface area contributed by atoms with Crippen LogP contribution < -0.4 is 4.74 Å². The van der Waals surface area contributed by atoms with Gasteiger partial charge in [-0.25, -0.2) is 4.79 Å². The molecule has 0 aliphatic rings. The number of phenolic OH excluding ortho intramolecular Hbond substituents is 1. The highest BCUT2D eigenvalue weighted by atomic mass is 16.5. The van der Waals surface area contributed by atoms with Crippen LogP contribution in [0.25, 0.3) is 0 Å². The zero-order chi connectivity index (χ0) is 16.7. The van der Waals surface area contributed by atoms with Crippen LogP contribution in [0.2, 0.25) is 0 Å². The molecule has 0 aliphatic heterocycles. The number of carboxylic acids is 1. The van der Waals surface area contributed by atoms with E-state index in [4.69, 9.17) is 9.84 Å². The van der Waals surface area contributed by atoms with Crippen LogP contribution in [-0.2, 0) is 16.0 Å². The first kappa shape index (κ1) is 17.6. The van der Waals surface area contributed by atoms with Crippen molar-refractivity contribution < 1.29 is 29.3 Å². The number of aromatic hydroxyl groups is 1. The van der Waals surface area contributed by atoms with Gasteiger partial charge in [0.2, 0.25) is 0 Å². The number of hydrogen-bond acceptors (Lipinski definition) is 5. The fourth-order valence-electron chi connectivity index (χ4n) is 1.96. The van der Waals surface area contributed by atoms with Crippen molar-refractivity contribution in [1.29, 1.82) is 0 Å². The highest BCUT2D eigenvalue weighted by molar-refractivity contribution is 5.93. The van der Waals surface area contributed by atoms with Crippen molar-refractivity contribution in [2.45, 2.75) is 26.2 Å². The van der Waals surface area contributed by atoms with E-state index in [1.165, 1.54) is 20.3 Å². The second-order valence-corrected chi connectivity index (χ2v) is 4.78. The Morgan fingerprint density at radius 2 is 1.91 bits per heavy atom. The van der Waals surface area contributed by atoms with E-state index in [0.717, 1.165) is 5.57 Å². The highest BCUT2D eigenvalue weighted by Crippen LogP contribution is 2.32. The number of phenols is 1. The van der Waals surface area contributed by atoms with E-state index in [-0.39, 0.29) is 17.7 Å². The van der Waals surface area contributed by atoms with Gasteiger partial charge in [0.15, 0.2) is 0 Å². The molecule has 0 radical (unpaired) electrons. The number of rotatable bonds is 7. The third-order valence-electron chi connectivity index (χ3n) is 3.25. The molecule has 0 spiro atoms. The van der Waals surface area contributed by atoms with Gasteiger partial charge in [0.1, 0.15) is 17.1 Å². The Morgan fingerprint density at radius 3 is 2.45 bits per heavy atom. The third-order valence-corrected chi connectivity index (χ3v) is 3.25. The molecule has 2 N–H and O–H groups in total. The van der Waals surface area contributed by atoms with Crippen molar-refractivity contribution in [3.8, 4) is 11.5 Å². The summed E-state index contributed by atoms with van der Waals surface area (Å²) in [5, 5.41) is 18.9. The standard InChI is InChI=1S/C16H20O6/c1-10(5-9-14(17)18)4-6-11-13(21-2)8-7-12(15(11)19)16(20)22-3/h4,7-8,19H,5-6,9H2,1-3H3,(H,17,18)/b10-4+. The van der Waals surface area contributed by atoms with E-state index in [2.05, 4.69) is 4.74 Å². The molecule has 120 valence electrons. The number of aliphatic carboxylic acids is 1. The molecular weight excluding hydrogens is 288 g/mol. The van der Waals surface area contributed by atoms with Crippen LogP contribution in [0.15, 0.2) is 23.8 Å². The van der Waals surface area contributed by atoms with Crippen LogP contribution in [-0.4, -0.2) is 36.4 Å². The second-order valence-electron chi connectivity index (χ2n) is 4.78. The number of allylic oxidation sites excluding steroid dienone is 2. The van der Waals surface area contributed by atoms with Gasteiger partial charge in [-0.3, -0.25) is 4.79 Å². The van der Waals surface area contributed by atoms with Crippen LogP contribution in [0.3, 0.4) is 0 Å². The minimum atomic E-state index is -0.860. The molecule has 0 bridgehead atoms. The van der Waals surface area contributed by atoms with Crippen LogP contribution in [0.5, 0.6) is 11.5 Å². The summed E-state index contributed by atoms with van der Waals surface area (Å²) in [4.78, 5) is 22.1. The lowest BCUT2D eigenvalue weighted by Crippen LogP contribution is -2.04. The second kappa shape index (κ2) is 8.07. The summed E-state index contributed by atoms with van der Waals surface area (Å²) in [5.41, 5.74) is 1.40. The maximum absolute atomic E-state index is 11.6. The maximum atomic E-state index is 11.6. The Kier molecular flexibility index (Phi) is 6.44. The van der Waals surface area contributed by atoms with E-state index in [1.807, 2.05) is 13.0 Å². The molecule has 0 atom stereocenters. The largest absolute Gasteiger partial charge is 0.507 e. The zero-order valence-electron chi connectivity index (χ0n) is 12.9. The molecule has 6 heteroatoms. The number of ether oxygens (including phenoxy) is 2. The summed E-state index contributed by atoms with van der Waals surface area (Å²) in [5.74, 6) is -1.23. The molecular formula is C16H20O6. The Bertz CT molecular complexity index is 589. The van der Waals surface area contributed by atoms with Gasteiger partial charge in [0.25, 0.3) is 0 Å². The van der Waals surface area contributed by atoms with Crippen LogP contribution in [0.1, 0.15) is 35.7 Å². The van der Waals surface area contributed by atoms with E-state index < -0.39 is 11.9 Å². The SMILES string of the molecule is COC(=O)c1ccc(OC)c(C/C=C(\C)CCC(=O)O)c1O. The van der Waals surface area contributed by atoms with Gasteiger partial charge >= 0.3 is 11.9 Å². The number of hydrogen-bond donors (Lipinski definition) is 2. The topological polar surface area (TPSA) is 93.1 Å². The predicted octanol–water partition coefficient (Wildman–Crippen LogP) is 2.54. The summed E-state index contributed by atoms with van der Waals surface area (Å²) in [6, 6.07) is 3.02. The van der Waals surface area contributed by atoms with Crippen molar-refractivity contribution in [3.63, 3.8) is 0 Å². The highest BCUT2D eigenvalue weighted by Gasteiger charge is 2.18. The number of carboxylic acid groups (broad SMARTS) is 1. The first-order valence-electron chi connectivity index (χ1n) is 6.75. The molecule has 0 aromatic heterocycles. The Hall–Kier alpha value is -2.50. The van der Waals surface area contributed by atoms with Crippen molar-refractivity contribution >= 4 is 11.9 Å². The maximum Gasteiger partial charge on any atom is 0.341 e. The summed E-state index contributed by atoms with van der Waals surface area (Å²) in [6.45, 7) is 1.82. The van der Waals surface area contributed by atoms with E-state index in [9.17, 15) is 14.7 Å². The van der Waals surface area contributed by atoms with Crippen LogP contribution in [0, 0.1) is 0 Å². The molecule has 1 rings (SSSR count). The zero-order valence-corrected chi connectivity index (χ0v) is 12.9. The lowest BCUT2D eigenvalue weighted by atomic mass is 10.0. The fraction of sp³-hybridized carbons (Fsp3) is 0.375. The molecule has 0 saturated carbocycles. The van der Waals surface area contributed by atoms with Crippen molar-refractivity contribution in [2.75, 3.05) is 14.2 Å². The van der Waals surface area contributed by atoms with Gasteiger partial charge in [-0.15, -0.1) is 0 Å². The smallest absolute Gasteiger partial charge is 0.341 e. The van der Waals surface area contributed by atoms with Gasteiger partial charge in [-0.1, -0.05) is 11.6 Å². The van der Waals surface area contributed by atoms with Gasteiger partial charge < -0.3 is 19.7 Å². The quantitative estimate of drug-likeness (QED) is 0.594. The first-order valence-corrected chi connectivity index (χ1v) is 6.75. The minimum Gasteiger partial charge on any atom is -0.507 e. The average molecular weight is 308 g/mol. The average Bonchev–Trinajstić information content (AvgIpc) is 2.50. The Labute approximate surface area is 129 Å². The Morgan fingerprint density at radius 1 is 1.23 bits per heavy atom. The summed E-state index contributed by atoms with van der Waals surface area (Å²) in [7, 11) is 2.71. The van der Waals surface area contributed by atoms with Crippen molar-refractivity contribution in [3.05, 3.63) is 34.9 Å². The molecule has 0 heterocycles. The lowest BCUT2D eigenvalue weighted by Gasteiger charge is -2.12. The number of carbonyl (C=O) groups is 2. The molecule has 0 aliphatic carbocycles. The Balaban J connectivity index is 3.03. The first-order chi connectivity index (χ1) is 10.4. The van der Waals surface area contributed by atoms with Crippen LogP contribution >= 0.6 is 0 Å². The predicted molar refractivity (Wildman–Crippen MR) is 80.3 cm³/mol. The number of carbonyl (C=O) groups excluding carboxylic acids is 1. The summed E-state index contributed by atoms with van der Waals surface area (Å²) < 4.78 is 9.81. The molecule has 1 aromatic carbocycles. The van der Waals surface area contributed by atoms with E-state index >= 15 is 0 Å². The normalized spacial score (nSPS) is 11.1. The fourth-order valence-corrected chi connectivity index (χ4v) is 1.96. The van der Waals surface area contributed by atoms with Crippen LogP contribution in [0.4, 0.5) is 0 Å². The van der Waals surface area contributed by atoms with E-state index in [1.54, 1.807) is 6.07 Å². The number of benzene rings is 1. The summed E-state index contributed by atoms with van der Waals surface area (Å²) in [6.07, 6.45) is 2.61. The van der Waals surface area contributed by atoms with Gasteiger partial charge in [-0.2, -0.15) is 0 Å². The van der Waals surface area contributed by atoms with Crippen molar-refractivity contribution in [1.82, 2.24) is 0 Å². The monoisotopic (exact) mass is 308 g/mol. The molecule has 1 aromatic rings. The van der Waals surface area contributed by atoms with Crippen molar-refractivity contribution in [2.24, 2.45) is 0 Å². The van der Waals surface area contributed by atoms with Gasteiger partial charge in [0.05, 0.1) is 14.2 Å². The minimum absolute atomic E-state index is 0.0493. The lowest BCUT2D eigenvalue weighted by molar-refractivity contribution is -0.136. The van der Waals surface area contributed by atoms with Gasteiger partial charge in [0, 0.05) is 12.0 Å². The molecule has 22 heavy (non-hydrogen) atoms.